The molecule has 0 saturated heterocycles. The lowest BCUT2D eigenvalue weighted by molar-refractivity contribution is 0.416. The maximum atomic E-state index is 11.2. The van der Waals surface area contributed by atoms with E-state index in [0.717, 1.165) is 18.9 Å². The minimum atomic E-state index is -0.103. The van der Waals surface area contributed by atoms with Gasteiger partial charge in [-0.25, -0.2) is 4.98 Å². The first-order valence-electron chi connectivity index (χ1n) is 4.93. The van der Waals surface area contributed by atoms with Crippen molar-refractivity contribution in [2.45, 2.75) is 6.92 Å². The molecule has 0 aliphatic rings. The van der Waals surface area contributed by atoms with Crippen LogP contribution in [0.2, 0.25) is 0 Å². The predicted octanol–water partition coefficient (Wildman–Crippen LogP) is 0.0761. The number of anilines is 1. The highest BCUT2D eigenvalue weighted by molar-refractivity contribution is 5.35. The first kappa shape index (κ1) is 11.7. The van der Waals surface area contributed by atoms with Crippen LogP contribution in [-0.2, 0) is 0 Å². The molecule has 1 aromatic heterocycles. The van der Waals surface area contributed by atoms with Gasteiger partial charge < -0.3 is 14.8 Å². The lowest BCUT2D eigenvalue weighted by atomic mass is 10.4. The van der Waals surface area contributed by atoms with Gasteiger partial charge in [0.15, 0.2) is 0 Å². The van der Waals surface area contributed by atoms with E-state index in [2.05, 4.69) is 14.9 Å². The van der Waals surface area contributed by atoms with Crippen LogP contribution in [0.15, 0.2) is 10.9 Å². The second-order valence-corrected chi connectivity index (χ2v) is 3.91. The molecule has 0 aromatic carbocycles. The first-order chi connectivity index (χ1) is 6.99. The van der Waals surface area contributed by atoms with E-state index in [9.17, 15) is 4.79 Å². The van der Waals surface area contributed by atoms with Gasteiger partial charge in [0.05, 0.1) is 0 Å². The van der Waals surface area contributed by atoms with Gasteiger partial charge in [0.25, 0.3) is 5.56 Å². The summed E-state index contributed by atoms with van der Waals surface area (Å²) < 4.78 is 0. The van der Waals surface area contributed by atoms with Crippen LogP contribution in [0.3, 0.4) is 0 Å². The number of aromatic nitrogens is 2. The topological polar surface area (TPSA) is 52.2 Å². The molecule has 5 heteroatoms. The Morgan fingerprint density at radius 2 is 2.00 bits per heavy atom. The molecule has 0 fully saturated rings. The zero-order valence-electron chi connectivity index (χ0n) is 9.74. The van der Waals surface area contributed by atoms with Crippen molar-refractivity contribution in [1.29, 1.82) is 0 Å². The zero-order valence-corrected chi connectivity index (χ0v) is 9.74. The Morgan fingerprint density at radius 1 is 1.33 bits per heavy atom. The average Bonchev–Trinajstić information content (AvgIpc) is 2.12. The molecule has 1 heterocycles. The van der Waals surface area contributed by atoms with Crippen molar-refractivity contribution in [1.82, 2.24) is 14.9 Å². The summed E-state index contributed by atoms with van der Waals surface area (Å²) >= 11 is 0. The van der Waals surface area contributed by atoms with Crippen molar-refractivity contribution in [2.24, 2.45) is 0 Å². The van der Waals surface area contributed by atoms with Gasteiger partial charge in [-0.1, -0.05) is 0 Å². The fraction of sp³-hybridized carbons (Fsp3) is 0.600. The molecule has 0 atom stereocenters. The monoisotopic (exact) mass is 210 g/mol. The molecule has 5 nitrogen and oxygen atoms in total. The highest BCUT2D eigenvalue weighted by Gasteiger charge is 2.04. The Labute approximate surface area is 89.7 Å². The summed E-state index contributed by atoms with van der Waals surface area (Å²) in [6, 6.07) is 1.52. The van der Waals surface area contributed by atoms with E-state index in [0.29, 0.717) is 5.82 Å². The smallest absolute Gasteiger partial charge is 0.252 e. The molecule has 1 rings (SSSR count). The highest BCUT2D eigenvalue weighted by atomic mass is 16.1. The molecule has 0 aliphatic heterocycles. The van der Waals surface area contributed by atoms with Gasteiger partial charge in [-0.15, -0.1) is 0 Å². The third-order valence-corrected chi connectivity index (χ3v) is 2.12. The standard InChI is InChI=1S/C10H18N4O/c1-8-11-9(7-10(15)12-8)14(4)6-5-13(2)3/h7H,5-6H2,1-4H3,(H,11,12,15). The van der Waals surface area contributed by atoms with Gasteiger partial charge in [-0.05, 0) is 21.0 Å². The van der Waals surface area contributed by atoms with Crippen LogP contribution in [0.5, 0.6) is 0 Å². The molecule has 0 unspecified atom stereocenters. The lowest BCUT2D eigenvalue weighted by Crippen LogP contribution is -2.30. The Hall–Kier alpha value is -1.36. The van der Waals surface area contributed by atoms with Crippen molar-refractivity contribution in [3.05, 3.63) is 22.2 Å². The Balaban J connectivity index is 2.73. The summed E-state index contributed by atoms with van der Waals surface area (Å²) in [5.41, 5.74) is -0.103. The molecule has 0 amide bonds. The maximum Gasteiger partial charge on any atom is 0.252 e. The highest BCUT2D eigenvalue weighted by Crippen LogP contribution is 2.04. The van der Waals surface area contributed by atoms with E-state index in [1.54, 1.807) is 6.92 Å². The summed E-state index contributed by atoms with van der Waals surface area (Å²) in [6.45, 7) is 3.57. The summed E-state index contributed by atoms with van der Waals surface area (Å²) in [7, 11) is 5.97. The molecule has 1 N–H and O–H groups in total. The van der Waals surface area contributed by atoms with Crippen molar-refractivity contribution >= 4 is 5.82 Å². The zero-order chi connectivity index (χ0) is 11.4. The predicted molar refractivity (Wildman–Crippen MR) is 61.4 cm³/mol. The molecule has 0 saturated carbocycles. The van der Waals surface area contributed by atoms with Gasteiger partial charge in [-0.2, -0.15) is 0 Å². The van der Waals surface area contributed by atoms with Crippen LogP contribution < -0.4 is 10.5 Å². The second-order valence-electron chi connectivity index (χ2n) is 3.91. The fourth-order valence-corrected chi connectivity index (χ4v) is 1.22. The molecule has 15 heavy (non-hydrogen) atoms. The normalized spacial score (nSPS) is 10.7. The summed E-state index contributed by atoms with van der Waals surface area (Å²) in [4.78, 5) is 22.2. The van der Waals surface area contributed by atoms with E-state index in [4.69, 9.17) is 0 Å². The minimum absolute atomic E-state index is 0.103. The van der Waals surface area contributed by atoms with Gasteiger partial charge in [0, 0.05) is 26.2 Å². The van der Waals surface area contributed by atoms with E-state index in [1.165, 1.54) is 6.07 Å². The molecule has 1 aromatic rings. The van der Waals surface area contributed by atoms with Gasteiger partial charge in [0.2, 0.25) is 0 Å². The van der Waals surface area contributed by atoms with E-state index in [1.807, 2.05) is 26.0 Å². The number of rotatable bonds is 4. The minimum Gasteiger partial charge on any atom is -0.358 e. The first-order valence-corrected chi connectivity index (χ1v) is 4.93. The number of likely N-dealkylation sites (N-methyl/N-ethyl adjacent to an activating group) is 2. The number of hydrogen-bond acceptors (Lipinski definition) is 4. The summed E-state index contributed by atoms with van der Waals surface area (Å²) in [5, 5.41) is 0. The largest absolute Gasteiger partial charge is 0.358 e. The molecule has 84 valence electrons. The van der Waals surface area contributed by atoms with Crippen molar-refractivity contribution in [3.8, 4) is 0 Å². The quantitative estimate of drug-likeness (QED) is 0.764. The van der Waals surface area contributed by atoms with Crippen LogP contribution in [-0.4, -0.2) is 49.1 Å². The number of aryl methyl sites for hydroxylation is 1. The van der Waals surface area contributed by atoms with Crippen LogP contribution in [0.4, 0.5) is 5.82 Å². The Kier molecular flexibility index (Phi) is 3.85. The van der Waals surface area contributed by atoms with Crippen molar-refractivity contribution in [3.63, 3.8) is 0 Å². The number of nitrogens with one attached hydrogen (secondary N) is 1. The van der Waals surface area contributed by atoms with Crippen LogP contribution in [0, 0.1) is 6.92 Å². The third-order valence-electron chi connectivity index (χ3n) is 2.12. The summed E-state index contributed by atoms with van der Waals surface area (Å²) in [6.07, 6.45) is 0. The SMILES string of the molecule is Cc1nc(N(C)CCN(C)C)cc(=O)[nH]1. The summed E-state index contributed by atoms with van der Waals surface area (Å²) in [5.74, 6) is 1.37. The van der Waals surface area contributed by atoms with E-state index < -0.39 is 0 Å². The number of aromatic amines is 1. The number of H-pyrrole nitrogens is 1. The average molecular weight is 210 g/mol. The van der Waals surface area contributed by atoms with E-state index in [-0.39, 0.29) is 5.56 Å². The lowest BCUT2D eigenvalue weighted by Gasteiger charge is -2.20. The Bertz CT molecular complexity index is 372. The van der Waals surface area contributed by atoms with Gasteiger partial charge in [-0.3, -0.25) is 4.79 Å². The second kappa shape index (κ2) is 4.93. The fourth-order valence-electron chi connectivity index (χ4n) is 1.22. The molecular weight excluding hydrogens is 192 g/mol. The molecular formula is C10H18N4O. The van der Waals surface area contributed by atoms with Crippen LogP contribution in [0.1, 0.15) is 5.82 Å². The van der Waals surface area contributed by atoms with Gasteiger partial charge >= 0.3 is 0 Å². The van der Waals surface area contributed by atoms with Crippen molar-refractivity contribution in [2.75, 3.05) is 39.1 Å². The third kappa shape index (κ3) is 3.71. The molecule has 0 spiro atoms. The molecule has 0 radical (unpaired) electrons. The number of nitrogens with zero attached hydrogens (tertiary/aromatic N) is 3. The van der Waals surface area contributed by atoms with Gasteiger partial charge in [0.1, 0.15) is 11.6 Å². The maximum absolute atomic E-state index is 11.2. The molecule has 0 aliphatic carbocycles. The van der Waals surface area contributed by atoms with Crippen molar-refractivity contribution < 1.29 is 0 Å². The van der Waals surface area contributed by atoms with E-state index >= 15 is 0 Å². The van der Waals surface area contributed by atoms with Crippen LogP contribution >= 0.6 is 0 Å². The number of hydrogen-bond donors (Lipinski definition) is 1. The molecule has 0 bridgehead atoms. The Morgan fingerprint density at radius 3 is 2.53 bits per heavy atom. The van der Waals surface area contributed by atoms with Crippen LogP contribution in [0.25, 0.3) is 0 Å².